The standard InChI is InChI=1S/C68H119N2O7P/c1-7-10-13-16-19-22-25-28-30-32-33-34-35-36-37-39-40-42-45-48-51-54-57-60-67(71)69-65(64-76-78(73,74)75-63-62-70(4,5)6)66(59-56-53-50-47-44-27-24-21-18-15-12-9-3)77-68(72)61-58-55-52-49-46-43-41-38-31-29-26-23-20-17-14-11-8-2/h19-20,22-23,28-31,33-34,36-37,41,43,49,52,56,59,65-66H,7-18,21,24-27,32,35,38-40,42,44-48,50-51,53-55,57-58,60-64H2,1-6H3,(H-,69,71,73,74)/b22-19-,23-20-,30-28-,31-29-,34-33-,37-36-,43-41-,52-49-,59-56-. The fourth-order valence-corrected chi connectivity index (χ4v) is 9.22. The maximum atomic E-state index is 13.5. The summed E-state index contributed by atoms with van der Waals surface area (Å²) in [6, 6.07) is -0.923. The molecule has 0 rings (SSSR count). The van der Waals surface area contributed by atoms with Gasteiger partial charge in [-0.3, -0.25) is 14.2 Å². The third-order valence-corrected chi connectivity index (χ3v) is 14.4. The molecule has 1 amide bonds. The highest BCUT2D eigenvalue weighted by Gasteiger charge is 2.27. The first-order valence-corrected chi connectivity index (χ1v) is 33.2. The maximum Gasteiger partial charge on any atom is 0.306 e. The summed E-state index contributed by atoms with van der Waals surface area (Å²) in [5, 5.41) is 3.01. The zero-order valence-corrected chi connectivity index (χ0v) is 52.0. The van der Waals surface area contributed by atoms with Crippen LogP contribution in [0.1, 0.15) is 258 Å². The Labute approximate surface area is 481 Å². The minimum absolute atomic E-state index is 0.0384. The smallest absolute Gasteiger partial charge is 0.306 e. The Balaban J connectivity index is 5.32. The lowest BCUT2D eigenvalue weighted by atomic mass is 10.0. The molecule has 10 heteroatoms. The Morgan fingerprint density at radius 2 is 0.795 bits per heavy atom. The van der Waals surface area contributed by atoms with Crippen molar-refractivity contribution >= 4 is 19.7 Å². The summed E-state index contributed by atoms with van der Waals surface area (Å²) >= 11 is 0. The Hall–Kier alpha value is -3.33. The number of carbonyl (C=O) groups is 2. The van der Waals surface area contributed by atoms with Crippen molar-refractivity contribution in [3.63, 3.8) is 0 Å². The Bertz CT molecular complexity index is 1700. The van der Waals surface area contributed by atoms with Gasteiger partial charge < -0.3 is 28.5 Å². The number of ether oxygens (including phenoxy) is 1. The van der Waals surface area contributed by atoms with E-state index in [0.29, 0.717) is 23.9 Å². The van der Waals surface area contributed by atoms with Crippen molar-refractivity contribution in [2.45, 2.75) is 270 Å². The first kappa shape index (κ1) is 74.7. The summed E-state index contributed by atoms with van der Waals surface area (Å²) in [4.78, 5) is 40.0. The first-order chi connectivity index (χ1) is 37.9. The van der Waals surface area contributed by atoms with Crippen LogP contribution in [0.5, 0.6) is 0 Å². The van der Waals surface area contributed by atoms with Crippen LogP contribution < -0.4 is 10.2 Å². The van der Waals surface area contributed by atoms with E-state index < -0.39 is 32.5 Å². The maximum absolute atomic E-state index is 13.5. The molecule has 0 spiro atoms. The molecule has 78 heavy (non-hydrogen) atoms. The highest BCUT2D eigenvalue weighted by Crippen LogP contribution is 2.38. The SMILES string of the molecule is CCCCC/C=C\C/C=C\C/C=C\C/C=C\CCCCCCCCCC(=O)NC(COP(=O)([O-])OCC[N+](C)(C)C)C(/C=C\CCCCCCCCCCCC)OC(=O)CCC/C=C\C/C=C\C/C=C\C/C=C\CCCCC. The Morgan fingerprint density at radius 1 is 0.449 bits per heavy atom. The topological polar surface area (TPSA) is 114 Å². The number of hydrogen-bond acceptors (Lipinski definition) is 7. The van der Waals surface area contributed by atoms with E-state index in [1.165, 1.54) is 122 Å². The molecule has 9 nitrogen and oxygen atoms in total. The van der Waals surface area contributed by atoms with E-state index in [1.54, 1.807) is 0 Å². The number of unbranched alkanes of at least 4 members (excludes halogenated alkanes) is 24. The van der Waals surface area contributed by atoms with Crippen molar-refractivity contribution in [1.82, 2.24) is 5.32 Å². The Morgan fingerprint density at radius 3 is 1.22 bits per heavy atom. The number of esters is 1. The quantitative estimate of drug-likeness (QED) is 0.0212. The van der Waals surface area contributed by atoms with E-state index in [0.717, 1.165) is 89.9 Å². The minimum Gasteiger partial charge on any atom is -0.756 e. The molecule has 0 fully saturated rings. The normalized spacial score (nSPS) is 14.4. The second kappa shape index (κ2) is 56.9. The van der Waals surface area contributed by atoms with E-state index in [-0.39, 0.29) is 25.4 Å². The molecule has 0 saturated heterocycles. The van der Waals surface area contributed by atoms with Crippen LogP contribution in [0.3, 0.4) is 0 Å². The average Bonchev–Trinajstić information content (AvgIpc) is 3.40. The van der Waals surface area contributed by atoms with Crippen molar-refractivity contribution in [3.8, 4) is 0 Å². The molecule has 0 aliphatic rings. The third-order valence-electron chi connectivity index (χ3n) is 13.4. The molecule has 0 aliphatic carbocycles. The van der Waals surface area contributed by atoms with Crippen LogP contribution in [0, 0.1) is 0 Å². The summed E-state index contributed by atoms with van der Waals surface area (Å²) in [5.41, 5.74) is 0. The summed E-state index contributed by atoms with van der Waals surface area (Å²) in [6.45, 7) is 6.73. The molecule has 0 aromatic carbocycles. The van der Waals surface area contributed by atoms with Gasteiger partial charge in [0.05, 0.1) is 33.8 Å². The second-order valence-electron chi connectivity index (χ2n) is 22.2. The van der Waals surface area contributed by atoms with E-state index in [2.05, 4.69) is 123 Å². The number of likely N-dealkylation sites (N-methyl/N-ethyl adjacent to an activating group) is 1. The van der Waals surface area contributed by atoms with Gasteiger partial charge in [-0.05, 0) is 115 Å². The molecule has 448 valence electrons. The molecular weight excluding hydrogens is 988 g/mol. The van der Waals surface area contributed by atoms with Gasteiger partial charge in [0.1, 0.15) is 19.3 Å². The van der Waals surface area contributed by atoms with Crippen molar-refractivity contribution < 1.29 is 37.3 Å². The number of phosphoric ester groups is 1. The lowest BCUT2D eigenvalue weighted by Gasteiger charge is -2.30. The molecule has 1 N–H and O–H groups in total. The molecule has 0 aromatic heterocycles. The van der Waals surface area contributed by atoms with Crippen molar-refractivity contribution in [1.29, 1.82) is 0 Å². The van der Waals surface area contributed by atoms with Gasteiger partial charge in [0, 0.05) is 12.8 Å². The van der Waals surface area contributed by atoms with Gasteiger partial charge in [-0.2, -0.15) is 0 Å². The van der Waals surface area contributed by atoms with Crippen LogP contribution in [0.4, 0.5) is 0 Å². The zero-order valence-electron chi connectivity index (χ0n) is 51.1. The van der Waals surface area contributed by atoms with Gasteiger partial charge in [-0.25, -0.2) is 0 Å². The molecule has 3 unspecified atom stereocenters. The van der Waals surface area contributed by atoms with Crippen LogP contribution in [-0.4, -0.2) is 69.4 Å². The van der Waals surface area contributed by atoms with E-state index in [1.807, 2.05) is 33.3 Å². The van der Waals surface area contributed by atoms with Gasteiger partial charge in [0.25, 0.3) is 7.82 Å². The number of amides is 1. The number of rotatable bonds is 56. The fourth-order valence-electron chi connectivity index (χ4n) is 8.50. The van der Waals surface area contributed by atoms with Crippen LogP contribution in [0.2, 0.25) is 0 Å². The van der Waals surface area contributed by atoms with Gasteiger partial charge in [-0.15, -0.1) is 0 Å². The monoisotopic (exact) mass is 1110 g/mol. The lowest BCUT2D eigenvalue weighted by Crippen LogP contribution is -2.47. The Kier molecular flexibility index (Phi) is 54.5. The van der Waals surface area contributed by atoms with Crippen LogP contribution in [-0.2, 0) is 27.9 Å². The number of nitrogens with one attached hydrogen (secondary N) is 1. The molecule has 0 heterocycles. The highest BCUT2D eigenvalue weighted by atomic mass is 31.2. The van der Waals surface area contributed by atoms with Crippen LogP contribution >= 0.6 is 7.82 Å². The molecule has 3 atom stereocenters. The van der Waals surface area contributed by atoms with Crippen LogP contribution in [0.25, 0.3) is 0 Å². The summed E-state index contributed by atoms with van der Waals surface area (Å²) in [6.07, 6.45) is 77.7. The highest BCUT2D eigenvalue weighted by molar-refractivity contribution is 7.45. The van der Waals surface area contributed by atoms with Gasteiger partial charge in [0.2, 0.25) is 5.91 Å². The molecule has 0 aliphatic heterocycles. The largest absolute Gasteiger partial charge is 0.756 e. The first-order valence-electron chi connectivity index (χ1n) is 31.7. The zero-order chi connectivity index (χ0) is 57.2. The van der Waals surface area contributed by atoms with Gasteiger partial charge >= 0.3 is 5.97 Å². The number of carbonyl (C=O) groups excluding carboxylic acids is 2. The molecule has 0 aromatic rings. The van der Waals surface area contributed by atoms with Crippen LogP contribution in [0.15, 0.2) is 109 Å². The van der Waals surface area contributed by atoms with E-state index >= 15 is 0 Å². The molecule has 0 bridgehead atoms. The van der Waals surface area contributed by atoms with Crippen molar-refractivity contribution in [2.75, 3.05) is 40.9 Å². The van der Waals surface area contributed by atoms with E-state index in [4.69, 9.17) is 13.8 Å². The van der Waals surface area contributed by atoms with E-state index in [9.17, 15) is 19.0 Å². The number of phosphoric acid groups is 1. The third kappa shape index (κ3) is 57.4. The minimum atomic E-state index is -4.72. The molecule has 0 radical (unpaired) electrons. The summed E-state index contributed by atoms with van der Waals surface area (Å²) < 4.78 is 30.3. The predicted octanol–water partition coefficient (Wildman–Crippen LogP) is 19.1. The fraction of sp³-hybridized carbons (Fsp3) is 0.706. The number of quaternary nitrogens is 1. The lowest BCUT2D eigenvalue weighted by molar-refractivity contribution is -0.870. The number of allylic oxidation sites excluding steroid dienone is 17. The van der Waals surface area contributed by atoms with Gasteiger partial charge in [-0.1, -0.05) is 240 Å². The summed E-state index contributed by atoms with van der Waals surface area (Å²) in [5.74, 6) is -0.624. The van der Waals surface area contributed by atoms with Crippen molar-refractivity contribution in [3.05, 3.63) is 109 Å². The molecular formula is C68H119N2O7P. The van der Waals surface area contributed by atoms with Crippen molar-refractivity contribution in [2.24, 2.45) is 0 Å². The average molecular weight is 1110 g/mol. The predicted molar refractivity (Wildman–Crippen MR) is 334 cm³/mol. The van der Waals surface area contributed by atoms with Gasteiger partial charge in [0.15, 0.2) is 0 Å². The number of hydrogen-bond donors (Lipinski definition) is 1. The molecule has 0 saturated carbocycles. The number of nitrogens with zero attached hydrogens (tertiary/aromatic N) is 1. The summed E-state index contributed by atoms with van der Waals surface area (Å²) in [7, 11) is 1.13. The second-order valence-corrected chi connectivity index (χ2v) is 23.6.